The van der Waals surface area contributed by atoms with E-state index in [-0.39, 0.29) is 61.8 Å². The van der Waals surface area contributed by atoms with E-state index in [4.69, 9.17) is 28.4 Å². The van der Waals surface area contributed by atoms with Gasteiger partial charge in [-0.3, -0.25) is 24.0 Å². The third-order valence-corrected chi connectivity index (χ3v) is 9.45. The van der Waals surface area contributed by atoms with Gasteiger partial charge in [-0.1, -0.05) is 0 Å². The summed E-state index contributed by atoms with van der Waals surface area (Å²) in [7, 11) is 3.21. The van der Waals surface area contributed by atoms with Crippen LogP contribution in [0.1, 0.15) is 86.9 Å². The fraction of sp³-hybridized carbons (Fsp3) is 0.541. The van der Waals surface area contributed by atoms with Crippen LogP contribution in [0.15, 0.2) is 36.4 Å². The molecule has 3 unspecified atom stereocenters. The van der Waals surface area contributed by atoms with Crippen molar-refractivity contribution in [1.82, 2.24) is 9.80 Å². The van der Waals surface area contributed by atoms with E-state index in [2.05, 4.69) is 0 Å². The first kappa shape index (κ1) is 36.6. The van der Waals surface area contributed by atoms with Gasteiger partial charge in [-0.25, -0.2) is 0 Å². The Morgan fingerprint density at radius 2 is 1.38 bits per heavy atom. The van der Waals surface area contributed by atoms with Crippen LogP contribution in [-0.2, 0) is 23.9 Å². The number of nitrogens with zero attached hydrogens (tertiary/aromatic N) is 2. The van der Waals surface area contributed by atoms with Crippen molar-refractivity contribution in [3.63, 3.8) is 0 Å². The summed E-state index contributed by atoms with van der Waals surface area (Å²) >= 11 is 0. The number of esters is 1. The van der Waals surface area contributed by atoms with Crippen LogP contribution < -0.4 is 18.9 Å². The molecule has 13 heteroatoms. The Morgan fingerprint density at radius 1 is 0.800 bits per heavy atom. The van der Waals surface area contributed by atoms with Gasteiger partial charge in [-0.15, -0.1) is 0 Å². The van der Waals surface area contributed by atoms with Crippen LogP contribution in [0.25, 0.3) is 0 Å². The first-order valence-corrected chi connectivity index (χ1v) is 17.0. The van der Waals surface area contributed by atoms with Gasteiger partial charge >= 0.3 is 5.97 Å². The van der Waals surface area contributed by atoms with Crippen LogP contribution in [0.2, 0.25) is 0 Å². The lowest BCUT2D eigenvalue weighted by Crippen LogP contribution is -2.44. The van der Waals surface area contributed by atoms with Crippen molar-refractivity contribution in [2.45, 2.75) is 90.2 Å². The van der Waals surface area contributed by atoms with Crippen LogP contribution >= 0.6 is 0 Å². The van der Waals surface area contributed by atoms with Gasteiger partial charge in [0.15, 0.2) is 34.6 Å². The number of amides is 2. The molecule has 0 radical (unpaired) electrons. The van der Waals surface area contributed by atoms with Crippen LogP contribution in [0, 0.1) is 5.92 Å². The number of fused-ring (bicyclic) bond motifs is 2. The van der Waals surface area contributed by atoms with Gasteiger partial charge in [0.2, 0.25) is 24.9 Å². The van der Waals surface area contributed by atoms with Crippen molar-refractivity contribution in [3.05, 3.63) is 47.5 Å². The lowest BCUT2D eigenvalue weighted by Gasteiger charge is -2.30. The fourth-order valence-electron chi connectivity index (χ4n) is 6.13. The Morgan fingerprint density at radius 3 is 2.06 bits per heavy atom. The Kier molecular flexibility index (Phi) is 11.3. The number of ketones is 2. The van der Waals surface area contributed by atoms with Crippen molar-refractivity contribution < 1.29 is 52.4 Å². The normalized spacial score (nSPS) is 17.8. The number of carbonyl (C=O) groups is 5. The summed E-state index contributed by atoms with van der Waals surface area (Å²) < 4.78 is 33.6. The topological polar surface area (TPSA) is 147 Å². The molecule has 3 aliphatic rings. The van der Waals surface area contributed by atoms with Gasteiger partial charge in [0, 0.05) is 57.2 Å². The van der Waals surface area contributed by atoms with Gasteiger partial charge < -0.3 is 38.2 Å². The van der Waals surface area contributed by atoms with E-state index >= 15 is 0 Å². The summed E-state index contributed by atoms with van der Waals surface area (Å²) in [6, 6.07) is 8.45. The molecular formula is C37H46N2O11. The molecule has 0 aliphatic carbocycles. The van der Waals surface area contributed by atoms with Crippen molar-refractivity contribution in [3.8, 4) is 23.0 Å². The molecule has 5 rings (SSSR count). The highest BCUT2D eigenvalue weighted by Crippen LogP contribution is 2.38. The third-order valence-electron chi connectivity index (χ3n) is 9.45. The van der Waals surface area contributed by atoms with E-state index in [1.54, 1.807) is 78.2 Å². The molecule has 50 heavy (non-hydrogen) atoms. The number of benzene rings is 2. The molecule has 0 N–H and O–H groups in total. The van der Waals surface area contributed by atoms with E-state index in [9.17, 15) is 24.0 Å². The molecule has 0 saturated carbocycles. The van der Waals surface area contributed by atoms with E-state index in [0.29, 0.717) is 60.2 Å². The van der Waals surface area contributed by atoms with Crippen molar-refractivity contribution in [1.29, 1.82) is 0 Å². The maximum absolute atomic E-state index is 13.3. The quantitative estimate of drug-likeness (QED) is 0.202. The molecule has 3 atom stereocenters. The van der Waals surface area contributed by atoms with Crippen LogP contribution in [0.4, 0.5) is 0 Å². The molecule has 0 spiro atoms. The molecule has 2 aromatic rings. The molecule has 2 aromatic carbocycles. The third kappa shape index (κ3) is 8.55. The lowest BCUT2D eigenvalue weighted by atomic mass is 9.97. The lowest BCUT2D eigenvalue weighted by molar-refractivity contribution is -0.161. The average Bonchev–Trinajstić information content (AvgIpc) is 3.74. The molecule has 13 nitrogen and oxygen atoms in total. The summed E-state index contributed by atoms with van der Waals surface area (Å²) in [5.41, 5.74) is -0.155. The molecule has 270 valence electrons. The minimum atomic E-state index is -0.962. The maximum Gasteiger partial charge on any atom is 0.306 e. The van der Waals surface area contributed by atoms with Crippen LogP contribution in [0.5, 0.6) is 23.0 Å². The van der Waals surface area contributed by atoms with Crippen molar-refractivity contribution >= 4 is 29.4 Å². The fourth-order valence-corrected chi connectivity index (χ4v) is 6.13. The van der Waals surface area contributed by atoms with Gasteiger partial charge in [0.1, 0.15) is 5.60 Å². The van der Waals surface area contributed by atoms with Crippen molar-refractivity contribution in [2.24, 2.45) is 5.92 Å². The van der Waals surface area contributed by atoms with Gasteiger partial charge in [0.25, 0.3) is 0 Å². The number of ether oxygens (including phenoxy) is 6. The SMILES string of the molecule is CC(C(=O)c1ccc2c(c1)OCO2)N(C)C(=O)CCCC(=O)OC(C)(C)CC1Oc2ccc(C(=O)C(C)N(C)C(=O)C3CCOCC3)cc2O1. The first-order chi connectivity index (χ1) is 23.7. The Labute approximate surface area is 292 Å². The summed E-state index contributed by atoms with van der Waals surface area (Å²) in [6.45, 7) is 8.03. The number of carbonyl (C=O) groups excluding carboxylic acids is 5. The molecular weight excluding hydrogens is 648 g/mol. The zero-order valence-corrected chi connectivity index (χ0v) is 29.5. The highest BCUT2D eigenvalue weighted by atomic mass is 16.7. The second kappa shape index (κ2) is 15.5. The molecule has 3 aliphatic heterocycles. The standard InChI is InChI=1S/C37H46N2O11/c1-22(34(42)25-10-12-27-29(18-25)47-21-46-27)38(5)31(40)8-7-9-32(41)50-37(3,4)20-33-48-28-13-11-26(19-30(28)49-33)35(43)23(2)39(6)36(44)24-14-16-45-17-15-24/h10-13,18-19,22-24,33H,7-9,14-17,20-21H2,1-6H3. The first-order valence-electron chi connectivity index (χ1n) is 17.0. The van der Waals surface area contributed by atoms with E-state index in [1.165, 1.54) is 9.80 Å². The molecule has 0 bridgehead atoms. The zero-order chi connectivity index (χ0) is 36.2. The summed E-state index contributed by atoms with van der Waals surface area (Å²) in [4.78, 5) is 67.7. The number of rotatable bonds is 14. The Balaban J connectivity index is 1.05. The smallest absolute Gasteiger partial charge is 0.306 e. The second-order valence-electron chi connectivity index (χ2n) is 13.6. The van der Waals surface area contributed by atoms with Crippen LogP contribution in [-0.4, -0.2) is 97.2 Å². The monoisotopic (exact) mass is 694 g/mol. The highest BCUT2D eigenvalue weighted by molar-refractivity contribution is 6.03. The Bertz CT molecular complexity index is 1620. The van der Waals surface area contributed by atoms with Gasteiger partial charge in [0.05, 0.1) is 18.5 Å². The van der Waals surface area contributed by atoms with E-state index in [0.717, 1.165) is 0 Å². The summed E-state index contributed by atoms with van der Waals surface area (Å²) in [5, 5.41) is 0. The minimum Gasteiger partial charge on any atom is -0.459 e. The average molecular weight is 695 g/mol. The van der Waals surface area contributed by atoms with Gasteiger partial charge in [-0.2, -0.15) is 0 Å². The molecule has 1 saturated heterocycles. The molecule has 1 fully saturated rings. The second-order valence-corrected chi connectivity index (χ2v) is 13.6. The minimum absolute atomic E-state index is 0.00916. The van der Waals surface area contributed by atoms with Gasteiger partial charge in [-0.05, 0) is 83.4 Å². The largest absolute Gasteiger partial charge is 0.459 e. The van der Waals surface area contributed by atoms with Crippen molar-refractivity contribution in [2.75, 3.05) is 34.1 Å². The molecule has 0 aromatic heterocycles. The number of hydrogen-bond donors (Lipinski definition) is 0. The van der Waals surface area contributed by atoms with E-state index in [1.807, 2.05) is 0 Å². The molecule has 2 amide bonds. The summed E-state index contributed by atoms with van der Waals surface area (Å²) in [5.74, 6) is 0.497. The van der Waals surface area contributed by atoms with E-state index < -0.39 is 29.9 Å². The molecule has 3 heterocycles. The number of likely N-dealkylation sites (N-methyl/N-ethyl adjacent to an activating group) is 2. The summed E-state index contributed by atoms with van der Waals surface area (Å²) in [6.07, 6.45) is 1.06. The predicted molar refractivity (Wildman–Crippen MR) is 179 cm³/mol. The number of hydrogen-bond acceptors (Lipinski definition) is 11. The highest BCUT2D eigenvalue weighted by Gasteiger charge is 2.35. The maximum atomic E-state index is 13.3. The zero-order valence-electron chi connectivity index (χ0n) is 29.5. The predicted octanol–water partition coefficient (Wildman–Crippen LogP) is 4.58. The Hall–Kier alpha value is -4.65. The van der Waals surface area contributed by atoms with Crippen LogP contribution in [0.3, 0.4) is 0 Å². The number of Topliss-reactive ketones (excluding diaryl/α,β-unsaturated/α-hetero) is 2.